The lowest BCUT2D eigenvalue weighted by Gasteiger charge is -2.29. The van der Waals surface area contributed by atoms with Crippen LogP contribution in [0.15, 0.2) is 52.3 Å². The summed E-state index contributed by atoms with van der Waals surface area (Å²) in [6.45, 7) is 0.438. The summed E-state index contributed by atoms with van der Waals surface area (Å²) in [6.07, 6.45) is -5.26. The molecule has 2 aromatic rings. The zero-order valence-corrected chi connectivity index (χ0v) is 18.1. The number of hydrogen-bond acceptors (Lipinski definition) is 4. The summed E-state index contributed by atoms with van der Waals surface area (Å²) in [5.41, 5.74) is -0.450. The van der Waals surface area contributed by atoms with Crippen molar-refractivity contribution in [2.24, 2.45) is 4.99 Å². The molecule has 1 aliphatic heterocycles. The topological polar surface area (TPSA) is 49.8 Å². The van der Waals surface area contributed by atoms with Crippen LogP contribution in [0.5, 0.6) is 11.6 Å². The third kappa shape index (κ3) is 5.80. The van der Waals surface area contributed by atoms with Crippen LogP contribution in [0, 0.1) is 0 Å². The molecule has 172 valence electrons. The average Bonchev–Trinajstić information content (AvgIpc) is 2.72. The summed E-state index contributed by atoms with van der Waals surface area (Å²) in [4.78, 5) is 10.0. The molecule has 0 fully saturated rings. The quantitative estimate of drug-likeness (QED) is 0.523. The highest BCUT2D eigenvalue weighted by atomic mass is 35.5. The van der Waals surface area contributed by atoms with Gasteiger partial charge in [-0.3, -0.25) is 4.99 Å². The van der Waals surface area contributed by atoms with Crippen LogP contribution < -0.4 is 10.1 Å². The highest BCUT2D eigenvalue weighted by molar-refractivity contribution is 6.43. The fraction of sp³-hybridized carbons (Fsp3) is 0.300. The van der Waals surface area contributed by atoms with Crippen molar-refractivity contribution in [2.45, 2.75) is 19.0 Å². The normalized spacial score (nSPS) is 16.0. The number of ether oxygens (including phenoxy) is 1. The highest BCUT2D eigenvalue weighted by Crippen LogP contribution is 2.36. The molecule has 1 aromatic heterocycles. The van der Waals surface area contributed by atoms with Gasteiger partial charge in [0.15, 0.2) is 0 Å². The van der Waals surface area contributed by atoms with E-state index in [1.165, 1.54) is 12.3 Å². The molecule has 0 spiro atoms. The van der Waals surface area contributed by atoms with E-state index in [-0.39, 0.29) is 46.4 Å². The summed E-state index contributed by atoms with van der Waals surface area (Å²) in [5, 5.41) is 2.24. The minimum absolute atomic E-state index is 0.0384. The maximum atomic E-state index is 13.0. The largest absolute Gasteiger partial charge is 0.437 e. The van der Waals surface area contributed by atoms with Gasteiger partial charge in [0.2, 0.25) is 5.88 Å². The summed E-state index contributed by atoms with van der Waals surface area (Å²) in [7, 11) is 1.68. The van der Waals surface area contributed by atoms with Crippen molar-refractivity contribution < 1.29 is 26.7 Å². The third-order valence-corrected chi connectivity index (χ3v) is 5.12. The number of allylic oxidation sites excluding steroid dienone is 1. The Balaban J connectivity index is 1.63. The number of nitrogens with one attached hydrogen (secondary N) is 1. The first-order valence-electron chi connectivity index (χ1n) is 9.23. The van der Waals surface area contributed by atoms with Gasteiger partial charge in [0.05, 0.1) is 17.3 Å². The first-order valence-corrected chi connectivity index (χ1v) is 9.99. The Labute approximate surface area is 190 Å². The zero-order valence-electron chi connectivity index (χ0n) is 16.6. The van der Waals surface area contributed by atoms with Crippen LogP contribution in [0.2, 0.25) is 5.02 Å². The molecule has 0 bridgehead atoms. The third-order valence-electron chi connectivity index (χ3n) is 4.45. The minimum Gasteiger partial charge on any atom is -0.437 e. The van der Waals surface area contributed by atoms with E-state index in [4.69, 9.17) is 27.9 Å². The summed E-state index contributed by atoms with van der Waals surface area (Å²) in [6, 6.07) is 6.01. The van der Waals surface area contributed by atoms with Gasteiger partial charge in [-0.25, -0.2) is 13.8 Å². The van der Waals surface area contributed by atoms with E-state index in [2.05, 4.69) is 15.3 Å². The van der Waals surface area contributed by atoms with Crippen molar-refractivity contribution in [2.75, 3.05) is 20.3 Å². The fourth-order valence-electron chi connectivity index (χ4n) is 2.79. The van der Waals surface area contributed by atoms with Gasteiger partial charge >= 0.3 is 6.18 Å². The molecule has 0 amide bonds. The molecule has 1 N–H and O–H groups in total. The van der Waals surface area contributed by atoms with Crippen LogP contribution in [0.25, 0.3) is 0 Å². The molecule has 0 radical (unpaired) electrons. The second-order valence-corrected chi connectivity index (χ2v) is 7.55. The van der Waals surface area contributed by atoms with Gasteiger partial charge in [-0.15, -0.1) is 0 Å². The number of aliphatic imine (C=N–C) groups is 1. The number of nitrogens with zero attached hydrogens (tertiary/aromatic N) is 3. The van der Waals surface area contributed by atoms with Gasteiger partial charge in [-0.1, -0.05) is 29.3 Å². The molecule has 0 aliphatic carbocycles. The molecule has 1 aromatic carbocycles. The number of aromatic nitrogens is 1. The molecule has 1 aliphatic rings. The lowest BCUT2D eigenvalue weighted by molar-refractivity contribution is -0.137. The van der Waals surface area contributed by atoms with Gasteiger partial charge in [0, 0.05) is 25.9 Å². The van der Waals surface area contributed by atoms with Crippen LogP contribution >= 0.6 is 23.2 Å². The molecule has 0 atom stereocenters. The molecular weight excluding hydrogens is 478 g/mol. The Morgan fingerprint density at radius 1 is 1.22 bits per heavy atom. The van der Waals surface area contributed by atoms with Gasteiger partial charge in [-0.05, 0) is 30.2 Å². The molecule has 0 saturated carbocycles. The second kappa shape index (κ2) is 9.91. The molecule has 3 rings (SSSR count). The molecule has 5 nitrogen and oxygen atoms in total. The number of pyridine rings is 1. The molecular formula is C20H17Cl2F5N4O. The van der Waals surface area contributed by atoms with Crippen LogP contribution in [0.4, 0.5) is 22.0 Å². The smallest absolute Gasteiger partial charge is 0.416 e. The Kier molecular flexibility index (Phi) is 7.45. The van der Waals surface area contributed by atoms with Gasteiger partial charge < -0.3 is 15.0 Å². The fourth-order valence-corrected chi connectivity index (χ4v) is 3.36. The summed E-state index contributed by atoms with van der Waals surface area (Å²) < 4.78 is 69.6. The highest BCUT2D eigenvalue weighted by Gasteiger charge is 2.31. The number of benzene rings is 1. The Morgan fingerprint density at radius 2 is 1.97 bits per heavy atom. The predicted molar refractivity (Wildman–Crippen MR) is 111 cm³/mol. The van der Waals surface area contributed by atoms with Crippen molar-refractivity contribution in [1.82, 2.24) is 15.2 Å². The van der Waals surface area contributed by atoms with Crippen molar-refractivity contribution >= 4 is 29.0 Å². The lowest BCUT2D eigenvalue weighted by atomic mass is 10.2. The van der Waals surface area contributed by atoms with E-state index in [1.807, 2.05) is 0 Å². The molecule has 0 saturated heterocycles. The number of hydrogen-bond donors (Lipinski definition) is 1. The van der Waals surface area contributed by atoms with E-state index in [0.29, 0.717) is 6.42 Å². The minimum atomic E-state index is -4.50. The lowest BCUT2D eigenvalue weighted by Crippen LogP contribution is -2.43. The number of rotatable bonds is 6. The molecule has 32 heavy (non-hydrogen) atoms. The van der Waals surface area contributed by atoms with Gasteiger partial charge in [0.1, 0.15) is 22.3 Å². The molecule has 12 heteroatoms. The van der Waals surface area contributed by atoms with Crippen molar-refractivity contribution in [3.8, 4) is 11.6 Å². The molecule has 2 heterocycles. The van der Waals surface area contributed by atoms with E-state index < -0.39 is 18.2 Å². The van der Waals surface area contributed by atoms with Crippen LogP contribution in [-0.2, 0) is 12.6 Å². The van der Waals surface area contributed by atoms with Crippen molar-refractivity contribution in [1.29, 1.82) is 0 Å². The SMILES string of the molecule is CN1CNC(C(F)F)=C(Cl)C1=NCCc1ccc(Oc2ccc(C(F)(F)F)cc2Cl)nc1. The average molecular weight is 495 g/mol. The number of amidine groups is 1. The summed E-state index contributed by atoms with van der Waals surface area (Å²) >= 11 is 11.9. The Hall–Kier alpha value is -2.59. The maximum absolute atomic E-state index is 13.0. The molecule has 0 unspecified atom stereocenters. The van der Waals surface area contributed by atoms with Crippen LogP contribution in [0.3, 0.4) is 0 Å². The summed E-state index contributed by atoms with van der Waals surface area (Å²) in [5.74, 6) is 0.453. The van der Waals surface area contributed by atoms with Gasteiger partial charge in [0.25, 0.3) is 6.43 Å². The first kappa shape index (κ1) is 24.1. The second-order valence-electron chi connectivity index (χ2n) is 6.77. The standard InChI is InChI=1S/C20H17Cl2F5N4O/c1-31-10-30-17(18(23)24)16(22)19(31)28-7-6-11-2-5-15(29-9-11)32-14-4-3-12(8-13(14)21)20(25,26)27/h2-5,8-9,18,30H,6-7,10H2,1H3. The van der Waals surface area contributed by atoms with Crippen molar-refractivity contribution in [3.63, 3.8) is 0 Å². The Bertz CT molecular complexity index is 1030. The van der Waals surface area contributed by atoms with Crippen LogP contribution in [-0.4, -0.2) is 42.4 Å². The maximum Gasteiger partial charge on any atom is 0.416 e. The van der Waals surface area contributed by atoms with Crippen LogP contribution in [0.1, 0.15) is 11.1 Å². The van der Waals surface area contributed by atoms with E-state index in [0.717, 1.165) is 23.8 Å². The predicted octanol–water partition coefficient (Wildman–Crippen LogP) is 5.70. The van der Waals surface area contributed by atoms with E-state index >= 15 is 0 Å². The number of halogens is 7. The van der Waals surface area contributed by atoms with E-state index in [9.17, 15) is 22.0 Å². The van der Waals surface area contributed by atoms with E-state index in [1.54, 1.807) is 18.0 Å². The Morgan fingerprint density at radius 3 is 2.56 bits per heavy atom. The number of alkyl halides is 5. The zero-order chi connectivity index (χ0) is 23.5. The first-order chi connectivity index (χ1) is 15.1. The number of likely N-dealkylation sites (N-methyl/N-ethyl adjacent to an activating group) is 1. The monoisotopic (exact) mass is 494 g/mol. The van der Waals surface area contributed by atoms with Gasteiger partial charge in [-0.2, -0.15) is 13.2 Å². The van der Waals surface area contributed by atoms with Crippen molar-refractivity contribution in [3.05, 3.63) is 63.4 Å².